The van der Waals surface area contributed by atoms with E-state index in [1.807, 2.05) is 37.9 Å². The molecule has 0 radical (unpaired) electrons. The predicted molar refractivity (Wildman–Crippen MR) is 73.2 cm³/mol. The number of hydrogen-bond acceptors (Lipinski definition) is 3. The second-order valence-corrected chi connectivity index (χ2v) is 4.45. The lowest BCUT2D eigenvalue weighted by Crippen LogP contribution is -2.40. The number of aromatic nitrogens is 1. The van der Waals surface area contributed by atoms with Gasteiger partial charge in [0.25, 0.3) is 0 Å². The quantitative estimate of drug-likeness (QED) is 0.828. The molecule has 0 aliphatic carbocycles. The summed E-state index contributed by atoms with van der Waals surface area (Å²) in [4.78, 5) is 18.2. The van der Waals surface area contributed by atoms with Gasteiger partial charge in [-0.1, -0.05) is 0 Å². The second-order valence-electron chi connectivity index (χ2n) is 4.45. The average Bonchev–Trinajstić information content (AvgIpc) is 2.39. The molecule has 4 heteroatoms. The third kappa shape index (κ3) is 3.53. The van der Waals surface area contributed by atoms with Crippen LogP contribution in [-0.4, -0.2) is 35.4 Å². The van der Waals surface area contributed by atoms with Crippen molar-refractivity contribution < 1.29 is 4.79 Å². The van der Waals surface area contributed by atoms with Crippen LogP contribution in [0.25, 0.3) is 0 Å². The van der Waals surface area contributed by atoms with Crippen LogP contribution in [0.1, 0.15) is 25.0 Å². The monoisotopic (exact) mass is 249 g/mol. The van der Waals surface area contributed by atoms with Gasteiger partial charge < -0.3 is 10.6 Å². The minimum absolute atomic E-state index is 0.144. The van der Waals surface area contributed by atoms with Gasteiger partial charge in [0.15, 0.2) is 0 Å². The molecule has 0 bridgehead atoms. The van der Waals surface area contributed by atoms with Crippen molar-refractivity contribution in [1.29, 1.82) is 0 Å². The number of amides is 1. The summed E-state index contributed by atoms with van der Waals surface area (Å²) in [5.74, 6) is -0.00134. The van der Waals surface area contributed by atoms with Crippen LogP contribution in [0.3, 0.4) is 0 Å². The summed E-state index contributed by atoms with van der Waals surface area (Å²) in [7, 11) is 0. The first-order valence-electron chi connectivity index (χ1n) is 6.52. The molecule has 0 aliphatic rings. The zero-order chi connectivity index (χ0) is 13.5. The molecule has 1 aromatic rings. The third-order valence-corrected chi connectivity index (χ3v) is 3.32. The fraction of sp³-hybridized carbons (Fsp3) is 0.571. The Morgan fingerprint density at radius 2 is 2.11 bits per heavy atom. The summed E-state index contributed by atoms with van der Waals surface area (Å²) in [6.07, 6.45) is 4.27. The molecule has 2 N–H and O–H groups in total. The van der Waals surface area contributed by atoms with Crippen LogP contribution in [0.2, 0.25) is 0 Å². The van der Waals surface area contributed by atoms with E-state index in [-0.39, 0.29) is 11.8 Å². The van der Waals surface area contributed by atoms with Gasteiger partial charge in [0, 0.05) is 32.0 Å². The van der Waals surface area contributed by atoms with E-state index in [1.165, 1.54) is 0 Å². The highest BCUT2D eigenvalue weighted by molar-refractivity contribution is 5.79. The van der Waals surface area contributed by atoms with E-state index in [1.54, 1.807) is 6.20 Å². The molecular formula is C14H23N3O. The Bertz CT molecular complexity index is 388. The largest absolute Gasteiger partial charge is 0.343 e. The molecule has 0 saturated heterocycles. The standard InChI is InChI=1S/C14H23N3O/c1-4-17(5-2)14(18)12(9-15)8-13-10-16-7-6-11(13)3/h6-7,10,12H,4-5,8-9,15H2,1-3H3. The van der Waals surface area contributed by atoms with E-state index in [4.69, 9.17) is 5.73 Å². The minimum atomic E-state index is -0.146. The number of hydrogen-bond donors (Lipinski definition) is 1. The van der Waals surface area contributed by atoms with Gasteiger partial charge in [-0.05, 0) is 44.4 Å². The molecule has 0 aromatic carbocycles. The van der Waals surface area contributed by atoms with E-state index in [2.05, 4.69) is 4.98 Å². The summed E-state index contributed by atoms with van der Waals surface area (Å²) in [5.41, 5.74) is 8.02. The highest BCUT2D eigenvalue weighted by atomic mass is 16.2. The Labute approximate surface area is 109 Å². The SMILES string of the molecule is CCN(CC)C(=O)C(CN)Cc1cnccc1C. The van der Waals surface area contributed by atoms with E-state index >= 15 is 0 Å². The van der Waals surface area contributed by atoms with Crippen LogP contribution in [0.15, 0.2) is 18.5 Å². The lowest BCUT2D eigenvalue weighted by molar-refractivity contribution is -0.134. The highest BCUT2D eigenvalue weighted by Gasteiger charge is 2.22. The molecule has 18 heavy (non-hydrogen) atoms. The molecule has 0 aliphatic heterocycles. The van der Waals surface area contributed by atoms with Crippen molar-refractivity contribution >= 4 is 5.91 Å². The molecule has 0 spiro atoms. The van der Waals surface area contributed by atoms with E-state index in [0.717, 1.165) is 24.2 Å². The van der Waals surface area contributed by atoms with Crippen LogP contribution >= 0.6 is 0 Å². The van der Waals surface area contributed by atoms with Crippen molar-refractivity contribution in [2.45, 2.75) is 27.2 Å². The molecule has 0 saturated carbocycles. The van der Waals surface area contributed by atoms with Gasteiger partial charge in [0.1, 0.15) is 0 Å². The molecule has 100 valence electrons. The first-order chi connectivity index (χ1) is 8.63. The average molecular weight is 249 g/mol. The predicted octanol–water partition coefficient (Wildman–Crippen LogP) is 1.38. The molecule has 4 nitrogen and oxygen atoms in total. The number of pyridine rings is 1. The minimum Gasteiger partial charge on any atom is -0.343 e. The Morgan fingerprint density at radius 3 is 2.61 bits per heavy atom. The number of rotatable bonds is 6. The second kappa shape index (κ2) is 7.11. The molecule has 1 heterocycles. The van der Waals surface area contributed by atoms with Crippen LogP contribution in [-0.2, 0) is 11.2 Å². The van der Waals surface area contributed by atoms with Crippen LogP contribution in [0, 0.1) is 12.8 Å². The zero-order valence-corrected chi connectivity index (χ0v) is 11.5. The summed E-state index contributed by atoms with van der Waals surface area (Å²) in [6, 6.07) is 1.96. The van der Waals surface area contributed by atoms with Crippen LogP contribution < -0.4 is 5.73 Å². The van der Waals surface area contributed by atoms with E-state index in [0.29, 0.717) is 13.0 Å². The maximum absolute atomic E-state index is 12.3. The molecule has 1 unspecified atom stereocenters. The summed E-state index contributed by atoms with van der Waals surface area (Å²) in [5, 5.41) is 0. The molecule has 1 atom stereocenters. The van der Waals surface area contributed by atoms with Crippen molar-refractivity contribution in [3.8, 4) is 0 Å². The van der Waals surface area contributed by atoms with Gasteiger partial charge >= 0.3 is 0 Å². The van der Waals surface area contributed by atoms with Crippen molar-refractivity contribution in [3.63, 3.8) is 0 Å². The Morgan fingerprint density at radius 1 is 1.44 bits per heavy atom. The summed E-state index contributed by atoms with van der Waals surface area (Å²) in [6.45, 7) is 7.86. The molecule has 1 rings (SSSR count). The molecular weight excluding hydrogens is 226 g/mol. The number of nitrogens with two attached hydrogens (primary N) is 1. The number of nitrogens with zero attached hydrogens (tertiary/aromatic N) is 2. The van der Waals surface area contributed by atoms with E-state index < -0.39 is 0 Å². The van der Waals surface area contributed by atoms with Crippen molar-refractivity contribution in [2.24, 2.45) is 11.7 Å². The Hall–Kier alpha value is -1.42. The van der Waals surface area contributed by atoms with Crippen LogP contribution in [0.5, 0.6) is 0 Å². The number of aryl methyl sites for hydroxylation is 1. The fourth-order valence-corrected chi connectivity index (χ4v) is 2.04. The molecule has 1 amide bonds. The van der Waals surface area contributed by atoms with Gasteiger partial charge in [0.2, 0.25) is 5.91 Å². The fourth-order valence-electron chi connectivity index (χ4n) is 2.04. The first kappa shape index (κ1) is 14.6. The van der Waals surface area contributed by atoms with Crippen LogP contribution in [0.4, 0.5) is 0 Å². The Balaban J connectivity index is 2.79. The number of carbonyl (C=O) groups is 1. The van der Waals surface area contributed by atoms with E-state index in [9.17, 15) is 4.79 Å². The van der Waals surface area contributed by atoms with Gasteiger partial charge in [-0.15, -0.1) is 0 Å². The van der Waals surface area contributed by atoms with Gasteiger partial charge in [-0.25, -0.2) is 0 Å². The lowest BCUT2D eigenvalue weighted by Gasteiger charge is -2.24. The molecule has 1 aromatic heterocycles. The lowest BCUT2D eigenvalue weighted by atomic mass is 9.96. The zero-order valence-electron chi connectivity index (χ0n) is 11.5. The maximum atomic E-state index is 12.3. The van der Waals surface area contributed by atoms with Gasteiger partial charge in [-0.2, -0.15) is 0 Å². The van der Waals surface area contributed by atoms with Crippen molar-refractivity contribution in [2.75, 3.05) is 19.6 Å². The highest BCUT2D eigenvalue weighted by Crippen LogP contribution is 2.13. The maximum Gasteiger partial charge on any atom is 0.227 e. The smallest absolute Gasteiger partial charge is 0.227 e. The topological polar surface area (TPSA) is 59.2 Å². The van der Waals surface area contributed by atoms with Gasteiger partial charge in [0.05, 0.1) is 5.92 Å². The normalized spacial score (nSPS) is 12.2. The first-order valence-corrected chi connectivity index (χ1v) is 6.52. The number of carbonyl (C=O) groups excluding carboxylic acids is 1. The third-order valence-electron chi connectivity index (χ3n) is 3.32. The van der Waals surface area contributed by atoms with Gasteiger partial charge in [-0.3, -0.25) is 9.78 Å². The Kier molecular flexibility index (Phi) is 5.78. The summed E-state index contributed by atoms with van der Waals surface area (Å²) < 4.78 is 0. The van der Waals surface area contributed by atoms with Crippen molar-refractivity contribution in [3.05, 3.63) is 29.6 Å². The summed E-state index contributed by atoms with van der Waals surface area (Å²) >= 11 is 0. The molecule has 0 fully saturated rings. The van der Waals surface area contributed by atoms with Crippen molar-refractivity contribution in [1.82, 2.24) is 9.88 Å².